The van der Waals surface area contributed by atoms with E-state index in [4.69, 9.17) is 4.52 Å². The first-order valence-corrected chi connectivity index (χ1v) is 5.47. The van der Waals surface area contributed by atoms with Crippen LogP contribution in [0.25, 0.3) is 11.5 Å². The molecule has 1 heterocycles. The van der Waals surface area contributed by atoms with Crippen molar-refractivity contribution in [3.63, 3.8) is 0 Å². The minimum Gasteiger partial charge on any atom is -0.507 e. The van der Waals surface area contributed by atoms with Gasteiger partial charge in [-0.25, -0.2) is 0 Å². The van der Waals surface area contributed by atoms with E-state index in [1.807, 2.05) is 37.9 Å². The molecule has 0 aliphatic heterocycles. The van der Waals surface area contributed by atoms with Crippen molar-refractivity contribution in [3.8, 4) is 17.2 Å². The lowest BCUT2D eigenvalue weighted by molar-refractivity contribution is 0.423. The van der Waals surface area contributed by atoms with Crippen LogP contribution >= 0.6 is 0 Å². The van der Waals surface area contributed by atoms with Gasteiger partial charge in [-0.2, -0.15) is 4.98 Å². The SMILES string of the molecule is CCN(C)c1noc(-c2cccc(C)c2O)n1. The first-order chi connectivity index (χ1) is 8.13. The van der Waals surface area contributed by atoms with Crippen LogP contribution in [0.2, 0.25) is 0 Å². The Labute approximate surface area is 99.7 Å². The summed E-state index contributed by atoms with van der Waals surface area (Å²) >= 11 is 0. The summed E-state index contributed by atoms with van der Waals surface area (Å²) in [5, 5.41) is 13.8. The number of aromatic nitrogens is 2. The first-order valence-electron chi connectivity index (χ1n) is 5.47. The molecule has 0 saturated heterocycles. The molecule has 0 fully saturated rings. The van der Waals surface area contributed by atoms with Crippen LogP contribution in [0.1, 0.15) is 12.5 Å². The maximum absolute atomic E-state index is 9.91. The molecule has 1 N–H and O–H groups in total. The maximum atomic E-state index is 9.91. The van der Waals surface area contributed by atoms with Crippen molar-refractivity contribution in [2.24, 2.45) is 0 Å². The van der Waals surface area contributed by atoms with E-state index in [1.165, 1.54) is 0 Å². The molecule has 5 nitrogen and oxygen atoms in total. The van der Waals surface area contributed by atoms with Crippen molar-refractivity contribution in [1.29, 1.82) is 0 Å². The van der Waals surface area contributed by atoms with Gasteiger partial charge in [-0.3, -0.25) is 0 Å². The lowest BCUT2D eigenvalue weighted by atomic mass is 10.1. The molecule has 0 radical (unpaired) electrons. The summed E-state index contributed by atoms with van der Waals surface area (Å²) in [7, 11) is 1.88. The van der Waals surface area contributed by atoms with Crippen LogP contribution in [0.3, 0.4) is 0 Å². The highest BCUT2D eigenvalue weighted by molar-refractivity contribution is 5.65. The first kappa shape index (κ1) is 11.4. The van der Waals surface area contributed by atoms with Crippen LogP contribution in [-0.2, 0) is 0 Å². The minimum absolute atomic E-state index is 0.182. The average Bonchev–Trinajstić information content (AvgIpc) is 2.81. The van der Waals surface area contributed by atoms with Gasteiger partial charge in [0, 0.05) is 13.6 Å². The monoisotopic (exact) mass is 233 g/mol. The number of hydrogen-bond acceptors (Lipinski definition) is 5. The summed E-state index contributed by atoms with van der Waals surface area (Å²) < 4.78 is 5.15. The van der Waals surface area contributed by atoms with Gasteiger partial charge in [-0.1, -0.05) is 12.1 Å². The number of para-hydroxylation sites is 1. The Morgan fingerprint density at radius 1 is 1.41 bits per heavy atom. The molecule has 17 heavy (non-hydrogen) atoms. The van der Waals surface area contributed by atoms with Gasteiger partial charge in [0.15, 0.2) is 0 Å². The Kier molecular flexibility index (Phi) is 2.99. The fourth-order valence-electron chi connectivity index (χ4n) is 1.45. The Balaban J connectivity index is 2.40. The van der Waals surface area contributed by atoms with Crippen LogP contribution in [0.15, 0.2) is 22.7 Å². The van der Waals surface area contributed by atoms with E-state index in [0.29, 0.717) is 17.4 Å². The zero-order valence-electron chi connectivity index (χ0n) is 10.1. The Morgan fingerprint density at radius 2 is 2.18 bits per heavy atom. The van der Waals surface area contributed by atoms with Crippen LogP contribution in [0, 0.1) is 6.92 Å². The molecular weight excluding hydrogens is 218 g/mol. The second kappa shape index (κ2) is 4.45. The van der Waals surface area contributed by atoms with Crippen molar-refractivity contribution < 1.29 is 9.63 Å². The molecule has 0 unspecified atom stereocenters. The minimum atomic E-state index is 0.182. The highest BCUT2D eigenvalue weighted by atomic mass is 16.5. The number of anilines is 1. The fourth-order valence-corrected chi connectivity index (χ4v) is 1.45. The topological polar surface area (TPSA) is 62.4 Å². The number of rotatable bonds is 3. The average molecular weight is 233 g/mol. The number of phenolic OH excluding ortho intramolecular Hbond substituents is 1. The molecule has 0 aliphatic rings. The van der Waals surface area contributed by atoms with Crippen molar-refractivity contribution in [2.45, 2.75) is 13.8 Å². The van der Waals surface area contributed by atoms with Crippen molar-refractivity contribution in [3.05, 3.63) is 23.8 Å². The number of benzene rings is 1. The number of nitrogens with zero attached hydrogens (tertiary/aromatic N) is 3. The third kappa shape index (κ3) is 2.08. The Hall–Kier alpha value is -2.04. The van der Waals surface area contributed by atoms with E-state index in [1.54, 1.807) is 6.07 Å². The van der Waals surface area contributed by atoms with E-state index in [9.17, 15) is 5.11 Å². The number of aromatic hydroxyl groups is 1. The maximum Gasteiger partial charge on any atom is 0.266 e. The summed E-state index contributed by atoms with van der Waals surface area (Å²) in [6.45, 7) is 4.62. The zero-order chi connectivity index (χ0) is 12.4. The molecule has 2 aromatic rings. The Morgan fingerprint density at radius 3 is 2.88 bits per heavy atom. The zero-order valence-corrected chi connectivity index (χ0v) is 10.1. The fraction of sp³-hybridized carbons (Fsp3) is 0.333. The van der Waals surface area contributed by atoms with E-state index in [2.05, 4.69) is 10.1 Å². The number of aryl methyl sites for hydroxylation is 1. The lowest BCUT2D eigenvalue weighted by Gasteiger charge is -2.08. The third-order valence-corrected chi connectivity index (χ3v) is 2.70. The third-order valence-electron chi connectivity index (χ3n) is 2.70. The summed E-state index contributed by atoms with van der Waals surface area (Å²) in [6, 6.07) is 5.43. The number of phenols is 1. The summed E-state index contributed by atoms with van der Waals surface area (Å²) in [6.07, 6.45) is 0. The van der Waals surface area contributed by atoms with E-state index in [0.717, 1.165) is 12.1 Å². The predicted molar refractivity (Wildman–Crippen MR) is 65.1 cm³/mol. The van der Waals surface area contributed by atoms with Gasteiger partial charge < -0.3 is 14.5 Å². The molecule has 0 spiro atoms. The highest BCUT2D eigenvalue weighted by Gasteiger charge is 2.15. The van der Waals surface area contributed by atoms with Gasteiger partial charge in [0.1, 0.15) is 5.75 Å². The molecule has 2 rings (SSSR count). The Bertz CT molecular complexity index is 522. The van der Waals surface area contributed by atoms with E-state index >= 15 is 0 Å². The molecule has 0 aliphatic carbocycles. The van der Waals surface area contributed by atoms with Gasteiger partial charge in [-0.05, 0) is 30.6 Å². The molecule has 5 heteroatoms. The molecule has 1 aromatic heterocycles. The highest BCUT2D eigenvalue weighted by Crippen LogP contribution is 2.31. The standard InChI is InChI=1S/C12H15N3O2/c1-4-15(3)12-13-11(17-14-12)9-7-5-6-8(2)10(9)16/h5-7,16H,4H2,1-3H3. The van der Waals surface area contributed by atoms with Crippen LogP contribution < -0.4 is 4.90 Å². The quantitative estimate of drug-likeness (QED) is 0.880. The molecule has 1 aromatic carbocycles. The van der Waals surface area contributed by atoms with Gasteiger partial charge in [0.25, 0.3) is 11.8 Å². The normalized spacial score (nSPS) is 10.5. The smallest absolute Gasteiger partial charge is 0.266 e. The predicted octanol–water partition coefficient (Wildman–Crippen LogP) is 2.21. The summed E-state index contributed by atoms with van der Waals surface area (Å²) in [4.78, 5) is 6.10. The molecule has 90 valence electrons. The van der Waals surface area contributed by atoms with Gasteiger partial charge in [-0.15, -0.1) is 0 Å². The van der Waals surface area contributed by atoms with Crippen LogP contribution in [0.4, 0.5) is 5.95 Å². The molecule has 0 amide bonds. The second-order valence-corrected chi connectivity index (χ2v) is 3.88. The second-order valence-electron chi connectivity index (χ2n) is 3.88. The van der Waals surface area contributed by atoms with Crippen molar-refractivity contribution in [2.75, 3.05) is 18.5 Å². The van der Waals surface area contributed by atoms with Crippen LogP contribution in [-0.4, -0.2) is 28.8 Å². The van der Waals surface area contributed by atoms with Gasteiger partial charge >= 0.3 is 0 Å². The van der Waals surface area contributed by atoms with Crippen molar-refractivity contribution in [1.82, 2.24) is 10.1 Å². The molecular formula is C12H15N3O2. The summed E-state index contributed by atoms with van der Waals surface area (Å²) in [5.41, 5.74) is 1.35. The van der Waals surface area contributed by atoms with Crippen molar-refractivity contribution >= 4 is 5.95 Å². The molecule has 0 atom stereocenters. The molecule has 0 saturated carbocycles. The van der Waals surface area contributed by atoms with E-state index in [-0.39, 0.29) is 5.75 Å². The van der Waals surface area contributed by atoms with Gasteiger partial charge in [0.2, 0.25) is 0 Å². The van der Waals surface area contributed by atoms with Gasteiger partial charge in [0.05, 0.1) is 5.56 Å². The summed E-state index contributed by atoms with van der Waals surface area (Å²) in [5.74, 6) is 1.03. The molecule has 0 bridgehead atoms. The van der Waals surface area contributed by atoms with E-state index < -0.39 is 0 Å². The number of hydrogen-bond donors (Lipinski definition) is 1. The lowest BCUT2D eigenvalue weighted by Crippen LogP contribution is -2.16. The largest absolute Gasteiger partial charge is 0.507 e. The van der Waals surface area contributed by atoms with Crippen LogP contribution in [0.5, 0.6) is 5.75 Å².